The van der Waals surface area contributed by atoms with Crippen molar-refractivity contribution in [1.29, 1.82) is 0 Å². The molecule has 0 bridgehead atoms. The van der Waals surface area contributed by atoms with Crippen molar-refractivity contribution in [2.75, 3.05) is 0 Å². The van der Waals surface area contributed by atoms with E-state index in [9.17, 15) is 5.11 Å². The molecule has 3 heteroatoms. The van der Waals surface area contributed by atoms with E-state index in [2.05, 4.69) is 22.9 Å². The van der Waals surface area contributed by atoms with Gasteiger partial charge in [-0.05, 0) is 24.6 Å². The molecule has 1 atom stereocenters. The van der Waals surface area contributed by atoms with Crippen LogP contribution in [0.15, 0.2) is 22.7 Å². The molecule has 0 saturated heterocycles. The third-order valence-corrected chi connectivity index (χ3v) is 3.24. The van der Waals surface area contributed by atoms with Gasteiger partial charge in [-0.3, -0.25) is 0 Å². The van der Waals surface area contributed by atoms with E-state index >= 15 is 0 Å². The molecule has 15 heavy (non-hydrogen) atoms. The first-order valence-electron chi connectivity index (χ1n) is 5.28. The van der Waals surface area contributed by atoms with Gasteiger partial charge < -0.3 is 5.11 Å². The number of rotatable bonds is 5. The van der Waals surface area contributed by atoms with Crippen LogP contribution in [-0.4, -0.2) is 5.11 Å². The van der Waals surface area contributed by atoms with Gasteiger partial charge in [-0.2, -0.15) is 0 Å². The first kappa shape index (κ1) is 13.0. The first-order chi connectivity index (χ1) is 7.15. The highest BCUT2D eigenvalue weighted by molar-refractivity contribution is 9.10. The monoisotopic (exact) mass is 290 g/mol. The lowest BCUT2D eigenvalue weighted by atomic mass is 10.0. The fourth-order valence-electron chi connectivity index (χ4n) is 1.51. The molecule has 1 rings (SSSR count). The molecule has 0 amide bonds. The van der Waals surface area contributed by atoms with Gasteiger partial charge in [0.05, 0.1) is 6.10 Å². The SMILES string of the molecule is CCCCCC(O)c1cc(Br)ccc1Cl. The molecule has 0 aliphatic rings. The second-order valence-corrected chi connectivity index (χ2v) is 5.00. The number of benzene rings is 1. The third-order valence-electron chi connectivity index (χ3n) is 2.40. The summed E-state index contributed by atoms with van der Waals surface area (Å²) in [4.78, 5) is 0. The third kappa shape index (κ3) is 4.13. The van der Waals surface area contributed by atoms with Gasteiger partial charge in [-0.25, -0.2) is 0 Å². The van der Waals surface area contributed by atoms with Gasteiger partial charge in [0, 0.05) is 15.1 Å². The molecule has 0 aromatic heterocycles. The number of hydrogen-bond acceptors (Lipinski definition) is 1. The Balaban J connectivity index is 2.64. The molecule has 0 aliphatic carbocycles. The second-order valence-electron chi connectivity index (χ2n) is 3.68. The molecule has 0 heterocycles. The van der Waals surface area contributed by atoms with Gasteiger partial charge in [0.15, 0.2) is 0 Å². The zero-order valence-corrected chi connectivity index (χ0v) is 11.2. The number of aliphatic hydroxyl groups excluding tert-OH is 1. The maximum Gasteiger partial charge on any atom is 0.0804 e. The summed E-state index contributed by atoms with van der Waals surface area (Å²) in [6, 6.07) is 5.58. The van der Waals surface area contributed by atoms with E-state index in [0.717, 1.165) is 29.3 Å². The maximum atomic E-state index is 9.95. The van der Waals surface area contributed by atoms with Crippen LogP contribution in [0.4, 0.5) is 0 Å². The van der Waals surface area contributed by atoms with Gasteiger partial charge in [0.2, 0.25) is 0 Å². The van der Waals surface area contributed by atoms with Crippen LogP contribution in [0.2, 0.25) is 5.02 Å². The summed E-state index contributed by atoms with van der Waals surface area (Å²) in [7, 11) is 0. The summed E-state index contributed by atoms with van der Waals surface area (Å²) in [6.07, 6.45) is 3.70. The fraction of sp³-hybridized carbons (Fsp3) is 0.500. The van der Waals surface area contributed by atoms with Crippen LogP contribution < -0.4 is 0 Å². The molecule has 0 fully saturated rings. The summed E-state index contributed by atoms with van der Waals surface area (Å²) < 4.78 is 0.955. The Hall–Kier alpha value is -0.0500. The van der Waals surface area contributed by atoms with Crippen molar-refractivity contribution < 1.29 is 5.11 Å². The van der Waals surface area contributed by atoms with E-state index in [1.165, 1.54) is 6.42 Å². The smallest absolute Gasteiger partial charge is 0.0804 e. The molecule has 0 saturated carbocycles. The predicted molar refractivity (Wildman–Crippen MR) is 68.3 cm³/mol. The predicted octanol–water partition coefficient (Wildman–Crippen LogP) is 4.72. The highest BCUT2D eigenvalue weighted by Gasteiger charge is 2.11. The van der Waals surface area contributed by atoms with Crippen molar-refractivity contribution >= 4 is 27.5 Å². The normalized spacial score (nSPS) is 12.8. The Kier molecular flexibility index (Phi) is 5.65. The standard InChI is InChI=1S/C12H16BrClO/c1-2-3-4-5-12(15)10-8-9(13)6-7-11(10)14/h6-8,12,15H,2-5H2,1H3. The van der Waals surface area contributed by atoms with Crippen molar-refractivity contribution in [3.8, 4) is 0 Å². The molecule has 1 aromatic carbocycles. The van der Waals surface area contributed by atoms with Crippen LogP contribution >= 0.6 is 27.5 Å². The van der Waals surface area contributed by atoms with Crippen molar-refractivity contribution in [3.63, 3.8) is 0 Å². The van der Waals surface area contributed by atoms with Crippen LogP contribution in [0.5, 0.6) is 0 Å². The number of halogens is 2. The Labute approximate surface area is 105 Å². The van der Waals surface area contributed by atoms with E-state index < -0.39 is 6.10 Å². The lowest BCUT2D eigenvalue weighted by Crippen LogP contribution is -1.98. The Morgan fingerprint density at radius 3 is 2.80 bits per heavy atom. The van der Waals surface area contributed by atoms with Gasteiger partial charge in [0.25, 0.3) is 0 Å². The van der Waals surface area contributed by atoms with E-state index in [1.54, 1.807) is 0 Å². The van der Waals surface area contributed by atoms with Crippen LogP contribution in [-0.2, 0) is 0 Å². The van der Waals surface area contributed by atoms with E-state index in [0.29, 0.717) is 5.02 Å². The number of unbranched alkanes of at least 4 members (excludes halogenated alkanes) is 2. The fourth-order valence-corrected chi connectivity index (χ4v) is 2.14. The molecule has 1 nitrogen and oxygen atoms in total. The molecular weight excluding hydrogens is 275 g/mol. The zero-order chi connectivity index (χ0) is 11.3. The second kappa shape index (κ2) is 6.51. The Bertz CT molecular complexity index is 314. The van der Waals surface area contributed by atoms with Gasteiger partial charge >= 0.3 is 0 Å². The highest BCUT2D eigenvalue weighted by Crippen LogP contribution is 2.29. The van der Waals surface area contributed by atoms with E-state index in [4.69, 9.17) is 11.6 Å². The van der Waals surface area contributed by atoms with E-state index in [-0.39, 0.29) is 0 Å². The van der Waals surface area contributed by atoms with Crippen LogP contribution in [0.3, 0.4) is 0 Å². The topological polar surface area (TPSA) is 20.2 Å². The maximum absolute atomic E-state index is 9.95. The summed E-state index contributed by atoms with van der Waals surface area (Å²) in [5, 5.41) is 10.6. The average molecular weight is 292 g/mol. The van der Waals surface area contributed by atoms with Crippen molar-refractivity contribution in [3.05, 3.63) is 33.3 Å². The Morgan fingerprint density at radius 1 is 1.40 bits per heavy atom. The van der Waals surface area contributed by atoms with Gasteiger partial charge in [-0.1, -0.05) is 53.7 Å². The lowest BCUT2D eigenvalue weighted by Gasteiger charge is -2.12. The van der Waals surface area contributed by atoms with Crippen LogP contribution in [0.25, 0.3) is 0 Å². The summed E-state index contributed by atoms with van der Waals surface area (Å²) in [5.74, 6) is 0. The molecule has 1 unspecified atom stereocenters. The van der Waals surface area contributed by atoms with Crippen molar-refractivity contribution in [1.82, 2.24) is 0 Å². The summed E-state index contributed by atoms with van der Waals surface area (Å²) in [5.41, 5.74) is 0.821. The number of aliphatic hydroxyl groups is 1. The van der Waals surface area contributed by atoms with Crippen molar-refractivity contribution in [2.45, 2.75) is 38.7 Å². The summed E-state index contributed by atoms with van der Waals surface area (Å²) >= 11 is 9.40. The minimum Gasteiger partial charge on any atom is -0.388 e. The molecule has 1 aromatic rings. The van der Waals surface area contributed by atoms with Gasteiger partial charge in [0.1, 0.15) is 0 Å². The largest absolute Gasteiger partial charge is 0.388 e. The number of hydrogen-bond donors (Lipinski definition) is 1. The summed E-state index contributed by atoms with van der Waals surface area (Å²) in [6.45, 7) is 2.15. The first-order valence-corrected chi connectivity index (χ1v) is 6.45. The minimum atomic E-state index is -0.443. The molecule has 0 aliphatic heterocycles. The Morgan fingerprint density at radius 2 is 2.13 bits per heavy atom. The van der Waals surface area contributed by atoms with Crippen LogP contribution in [0, 0.1) is 0 Å². The van der Waals surface area contributed by atoms with Gasteiger partial charge in [-0.15, -0.1) is 0 Å². The molecule has 0 spiro atoms. The minimum absolute atomic E-state index is 0.443. The molecule has 1 N–H and O–H groups in total. The molecule has 84 valence electrons. The zero-order valence-electron chi connectivity index (χ0n) is 8.84. The molecular formula is C12H16BrClO. The van der Waals surface area contributed by atoms with Crippen LogP contribution in [0.1, 0.15) is 44.3 Å². The lowest BCUT2D eigenvalue weighted by molar-refractivity contribution is 0.163. The van der Waals surface area contributed by atoms with E-state index in [1.807, 2.05) is 18.2 Å². The molecule has 0 radical (unpaired) electrons. The van der Waals surface area contributed by atoms with Crippen molar-refractivity contribution in [2.24, 2.45) is 0 Å². The quantitative estimate of drug-likeness (QED) is 0.779. The average Bonchev–Trinajstić information content (AvgIpc) is 2.22. The highest BCUT2D eigenvalue weighted by atomic mass is 79.9.